The predicted octanol–water partition coefficient (Wildman–Crippen LogP) is 4.28. The van der Waals surface area contributed by atoms with E-state index in [1.165, 1.54) is 12.1 Å². The zero-order valence-corrected chi connectivity index (χ0v) is 16.2. The molecule has 3 aromatic rings. The first kappa shape index (κ1) is 19.4. The summed E-state index contributed by atoms with van der Waals surface area (Å²) in [4.78, 5) is 12.8. The van der Waals surface area contributed by atoms with Gasteiger partial charge in [0.15, 0.2) is 0 Å². The monoisotopic (exact) mass is 399 g/mol. The SMILES string of the molecule is CCOC(=O)c1c(-c2ccc(F)cc2)oc2cc3c(cc12)[C@H](C)O[C@H](CO)CN3. The maximum absolute atomic E-state index is 13.4. The van der Waals surface area contributed by atoms with Crippen LogP contribution in [-0.4, -0.2) is 36.9 Å². The molecular formula is C22H22FNO5. The third-order valence-electron chi connectivity index (χ3n) is 5.00. The van der Waals surface area contributed by atoms with Crippen molar-refractivity contribution in [2.45, 2.75) is 26.1 Å². The molecule has 152 valence electrons. The third kappa shape index (κ3) is 3.59. The molecule has 1 aliphatic rings. The fourth-order valence-electron chi connectivity index (χ4n) is 3.60. The molecule has 1 aliphatic heterocycles. The molecule has 0 unspecified atom stereocenters. The van der Waals surface area contributed by atoms with Crippen LogP contribution in [0, 0.1) is 5.82 Å². The number of hydrogen-bond donors (Lipinski definition) is 2. The number of hydrogen-bond acceptors (Lipinski definition) is 6. The van der Waals surface area contributed by atoms with Gasteiger partial charge in [-0.05, 0) is 44.2 Å². The molecule has 0 radical (unpaired) electrons. The topological polar surface area (TPSA) is 80.9 Å². The lowest BCUT2D eigenvalue weighted by Gasteiger charge is -2.16. The minimum Gasteiger partial charge on any atom is -0.462 e. The Hall–Kier alpha value is -2.90. The Morgan fingerprint density at radius 2 is 2.07 bits per heavy atom. The Balaban J connectivity index is 1.90. The number of furan rings is 1. The Morgan fingerprint density at radius 1 is 1.31 bits per heavy atom. The summed E-state index contributed by atoms with van der Waals surface area (Å²) in [6.45, 7) is 4.21. The molecule has 0 amide bonds. The van der Waals surface area contributed by atoms with Gasteiger partial charge in [-0.2, -0.15) is 0 Å². The fourth-order valence-corrected chi connectivity index (χ4v) is 3.60. The lowest BCUT2D eigenvalue weighted by atomic mass is 10.0. The second-order valence-corrected chi connectivity index (χ2v) is 6.93. The molecule has 2 heterocycles. The quantitative estimate of drug-likeness (QED) is 0.638. The van der Waals surface area contributed by atoms with Crippen LogP contribution in [0.5, 0.6) is 0 Å². The average Bonchev–Trinajstić information content (AvgIpc) is 3.01. The van der Waals surface area contributed by atoms with E-state index in [0.717, 1.165) is 11.3 Å². The van der Waals surface area contributed by atoms with Gasteiger partial charge in [0.05, 0.1) is 25.4 Å². The van der Waals surface area contributed by atoms with E-state index in [2.05, 4.69) is 5.32 Å². The molecule has 0 saturated carbocycles. The number of anilines is 1. The van der Waals surface area contributed by atoms with E-state index < -0.39 is 5.97 Å². The van der Waals surface area contributed by atoms with E-state index in [9.17, 15) is 14.3 Å². The highest BCUT2D eigenvalue weighted by Crippen LogP contribution is 2.40. The lowest BCUT2D eigenvalue weighted by molar-refractivity contribution is -0.0216. The van der Waals surface area contributed by atoms with Crippen molar-refractivity contribution < 1.29 is 28.2 Å². The summed E-state index contributed by atoms with van der Waals surface area (Å²) < 4.78 is 30.6. The molecule has 0 bridgehead atoms. The number of carbonyl (C=O) groups is 1. The Morgan fingerprint density at radius 3 is 2.76 bits per heavy atom. The summed E-state index contributed by atoms with van der Waals surface area (Å²) >= 11 is 0. The van der Waals surface area contributed by atoms with Crippen LogP contribution in [-0.2, 0) is 9.47 Å². The number of ether oxygens (including phenoxy) is 2. The number of fused-ring (bicyclic) bond motifs is 2. The lowest BCUT2D eigenvalue weighted by Crippen LogP contribution is -2.25. The van der Waals surface area contributed by atoms with Gasteiger partial charge in [0.1, 0.15) is 22.7 Å². The van der Waals surface area contributed by atoms with Crippen LogP contribution in [0.1, 0.15) is 35.9 Å². The summed E-state index contributed by atoms with van der Waals surface area (Å²) in [6.07, 6.45) is -0.622. The van der Waals surface area contributed by atoms with Gasteiger partial charge in [-0.15, -0.1) is 0 Å². The van der Waals surface area contributed by atoms with Gasteiger partial charge >= 0.3 is 5.97 Å². The van der Waals surface area contributed by atoms with E-state index in [0.29, 0.717) is 34.4 Å². The van der Waals surface area contributed by atoms with Crippen molar-refractivity contribution in [1.82, 2.24) is 0 Å². The van der Waals surface area contributed by atoms with Gasteiger partial charge < -0.3 is 24.3 Å². The van der Waals surface area contributed by atoms with Crippen molar-refractivity contribution in [3.8, 4) is 11.3 Å². The van der Waals surface area contributed by atoms with Crippen molar-refractivity contribution in [2.24, 2.45) is 0 Å². The molecule has 2 N–H and O–H groups in total. The molecule has 0 aliphatic carbocycles. The minimum absolute atomic E-state index is 0.0930. The number of halogens is 1. The number of aliphatic hydroxyl groups excluding tert-OH is 1. The first-order chi connectivity index (χ1) is 14.0. The Bertz CT molecular complexity index is 1040. The standard InChI is InChI=1S/C22H22FNO5/c1-3-27-22(26)20-17-8-16-12(2)28-15(11-25)10-24-18(16)9-19(17)29-21(20)13-4-6-14(23)7-5-13/h4-9,12,15,24-25H,3,10-11H2,1-2H3/t12-,15-/m0/s1. The highest BCUT2D eigenvalue weighted by molar-refractivity contribution is 6.09. The highest BCUT2D eigenvalue weighted by atomic mass is 19.1. The number of nitrogens with one attached hydrogen (secondary N) is 1. The summed E-state index contributed by atoms with van der Waals surface area (Å²) in [7, 11) is 0. The van der Waals surface area contributed by atoms with Crippen molar-refractivity contribution in [1.29, 1.82) is 0 Å². The third-order valence-corrected chi connectivity index (χ3v) is 5.00. The summed E-state index contributed by atoms with van der Waals surface area (Å²) in [6, 6.07) is 9.44. The highest BCUT2D eigenvalue weighted by Gasteiger charge is 2.28. The fraction of sp³-hybridized carbons (Fsp3) is 0.318. The molecule has 1 aromatic heterocycles. The van der Waals surface area contributed by atoms with E-state index in [1.54, 1.807) is 19.1 Å². The van der Waals surface area contributed by atoms with Crippen molar-refractivity contribution in [3.63, 3.8) is 0 Å². The van der Waals surface area contributed by atoms with Crippen LogP contribution in [0.3, 0.4) is 0 Å². The largest absolute Gasteiger partial charge is 0.462 e. The second-order valence-electron chi connectivity index (χ2n) is 6.93. The van der Waals surface area contributed by atoms with E-state index in [1.807, 2.05) is 19.1 Å². The van der Waals surface area contributed by atoms with Gasteiger partial charge in [-0.1, -0.05) is 0 Å². The molecular weight excluding hydrogens is 377 g/mol. The zero-order chi connectivity index (χ0) is 20.5. The first-order valence-electron chi connectivity index (χ1n) is 9.55. The summed E-state index contributed by atoms with van der Waals surface area (Å²) in [5, 5.41) is 13.3. The summed E-state index contributed by atoms with van der Waals surface area (Å²) in [5.74, 6) is -0.544. The number of rotatable bonds is 4. The van der Waals surface area contributed by atoms with E-state index in [-0.39, 0.29) is 31.2 Å². The van der Waals surface area contributed by atoms with Crippen LogP contribution in [0.25, 0.3) is 22.3 Å². The van der Waals surface area contributed by atoms with Crippen LogP contribution in [0.2, 0.25) is 0 Å². The normalized spacial score (nSPS) is 18.8. The molecule has 2 aromatic carbocycles. The van der Waals surface area contributed by atoms with Crippen molar-refractivity contribution in [3.05, 3.63) is 53.3 Å². The Labute approximate surface area is 167 Å². The van der Waals surface area contributed by atoms with Gasteiger partial charge in [0.25, 0.3) is 0 Å². The first-order valence-corrected chi connectivity index (χ1v) is 9.55. The molecule has 4 rings (SSSR count). The Kier molecular flexibility index (Phi) is 5.25. The maximum Gasteiger partial charge on any atom is 0.342 e. The molecule has 0 spiro atoms. The molecule has 29 heavy (non-hydrogen) atoms. The van der Waals surface area contributed by atoms with Gasteiger partial charge in [-0.25, -0.2) is 9.18 Å². The molecule has 0 saturated heterocycles. The number of benzene rings is 2. The smallest absolute Gasteiger partial charge is 0.342 e. The molecule has 7 heteroatoms. The zero-order valence-electron chi connectivity index (χ0n) is 16.2. The van der Waals surface area contributed by atoms with Crippen LogP contribution >= 0.6 is 0 Å². The minimum atomic E-state index is -0.506. The van der Waals surface area contributed by atoms with E-state index >= 15 is 0 Å². The number of carbonyl (C=O) groups excluding carboxylic acids is 1. The molecule has 2 atom stereocenters. The second kappa shape index (κ2) is 7.85. The van der Waals surface area contributed by atoms with Crippen molar-refractivity contribution in [2.75, 3.05) is 25.1 Å². The van der Waals surface area contributed by atoms with Crippen LogP contribution in [0.4, 0.5) is 10.1 Å². The van der Waals surface area contributed by atoms with Gasteiger partial charge in [-0.3, -0.25) is 0 Å². The van der Waals surface area contributed by atoms with Gasteiger partial charge in [0.2, 0.25) is 0 Å². The molecule has 0 fully saturated rings. The van der Waals surface area contributed by atoms with Crippen LogP contribution in [0.15, 0.2) is 40.8 Å². The van der Waals surface area contributed by atoms with Crippen molar-refractivity contribution >= 4 is 22.6 Å². The van der Waals surface area contributed by atoms with Gasteiger partial charge in [0, 0.05) is 34.8 Å². The van der Waals surface area contributed by atoms with E-state index in [4.69, 9.17) is 13.9 Å². The number of aliphatic hydroxyl groups is 1. The summed E-state index contributed by atoms with van der Waals surface area (Å²) in [5.41, 5.74) is 3.05. The maximum atomic E-state index is 13.4. The average molecular weight is 399 g/mol. The van der Waals surface area contributed by atoms with Crippen LogP contribution < -0.4 is 5.32 Å². The number of esters is 1. The predicted molar refractivity (Wildman–Crippen MR) is 106 cm³/mol. The molecule has 6 nitrogen and oxygen atoms in total.